The van der Waals surface area contributed by atoms with E-state index in [1.165, 1.54) is 0 Å². The average molecular weight is 365 g/mol. The molecule has 0 fully saturated rings. The van der Waals surface area contributed by atoms with E-state index in [1.54, 1.807) is 67.2 Å². The van der Waals surface area contributed by atoms with E-state index in [9.17, 15) is 8.42 Å². The second-order valence-electron chi connectivity index (χ2n) is 5.64. The highest BCUT2D eigenvalue weighted by Crippen LogP contribution is 2.32. The highest BCUT2D eigenvalue weighted by Gasteiger charge is 2.15. The maximum atomic E-state index is 12.6. The lowest BCUT2D eigenvalue weighted by molar-refractivity contribution is 0.601. The monoisotopic (exact) mass is 365 g/mol. The molecule has 6 nitrogen and oxygen atoms in total. The molecule has 0 unspecified atom stereocenters. The van der Waals surface area contributed by atoms with E-state index >= 15 is 0 Å². The van der Waals surface area contributed by atoms with Gasteiger partial charge in [-0.15, -0.1) is 0 Å². The van der Waals surface area contributed by atoms with E-state index in [0.717, 1.165) is 11.1 Å². The Labute approximate surface area is 150 Å². The molecular weight excluding hydrogens is 350 g/mol. The fourth-order valence-electron chi connectivity index (χ4n) is 2.64. The molecule has 26 heavy (non-hydrogen) atoms. The Morgan fingerprint density at radius 3 is 2.42 bits per heavy atom. The van der Waals surface area contributed by atoms with Crippen molar-refractivity contribution < 1.29 is 12.8 Å². The van der Waals surface area contributed by atoms with Gasteiger partial charge in [0.1, 0.15) is 0 Å². The van der Waals surface area contributed by atoms with Crippen LogP contribution in [0.4, 0.5) is 17.1 Å². The maximum absolute atomic E-state index is 12.6. The predicted octanol–water partition coefficient (Wildman–Crippen LogP) is 4.37. The van der Waals surface area contributed by atoms with Gasteiger partial charge in [-0.25, -0.2) is 8.42 Å². The van der Waals surface area contributed by atoms with Gasteiger partial charge in [0.15, 0.2) is 5.58 Å². The van der Waals surface area contributed by atoms with Crippen molar-refractivity contribution >= 4 is 38.1 Å². The van der Waals surface area contributed by atoms with Crippen LogP contribution in [0.3, 0.4) is 0 Å². The zero-order valence-electron chi connectivity index (χ0n) is 13.6. The van der Waals surface area contributed by atoms with Gasteiger partial charge >= 0.3 is 0 Å². The van der Waals surface area contributed by atoms with Crippen molar-refractivity contribution in [2.24, 2.45) is 0 Å². The first-order chi connectivity index (χ1) is 12.6. The smallest absolute Gasteiger partial charge is 0.261 e. The van der Waals surface area contributed by atoms with Crippen LogP contribution in [0.2, 0.25) is 0 Å². The zero-order valence-corrected chi connectivity index (χ0v) is 14.4. The summed E-state index contributed by atoms with van der Waals surface area (Å²) in [6.45, 7) is 0. The molecule has 0 bridgehead atoms. The molecule has 2 aromatic heterocycles. The Morgan fingerprint density at radius 1 is 0.885 bits per heavy atom. The summed E-state index contributed by atoms with van der Waals surface area (Å²) in [5.41, 5.74) is 2.56. The van der Waals surface area contributed by atoms with E-state index in [2.05, 4.69) is 15.0 Å². The topological polar surface area (TPSA) is 84.2 Å². The fourth-order valence-corrected chi connectivity index (χ4v) is 3.70. The molecule has 2 heterocycles. The number of rotatable bonds is 5. The fraction of sp³-hybridized carbons (Fsp3) is 0. The zero-order chi connectivity index (χ0) is 18.0. The predicted molar refractivity (Wildman–Crippen MR) is 101 cm³/mol. The summed E-state index contributed by atoms with van der Waals surface area (Å²) in [5.74, 6) is 0. The van der Waals surface area contributed by atoms with Gasteiger partial charge in [-0.1, -0.05) is 18.2 Å². The summed E-state index contributed by atoms with van der Waals surface area (Å²) in [4.78, 5) is 4.19. The standard InChI is InChI=1S/C19H15N3O3S/c23-26(24,17-4-2-1-3-5-17)22-16-12-14-8-11-25-19(14)18(13-16)21-15-6-9-20-10-7-15/h1-13,22H,(H,20,21). The maximum Gasteiger partial charge on any atom is 0.261 e. The Morgan fingerprint density at radius 2 is 1.65 bits per heavy atom. The first-order valence-electron chi connectivity index (χ1n) is 7.88. The molecule has 0 aliphatic rings. The lowest BCUT2D eigenvalue weighted by Gasteiger charge is -2.12. The van der Waals surface area contributed by atoms with E-state index in [0.29, 0.717) is 17.0 Å². The average Bonchev–Trinajstić information content (AvgIpc) is 3.12. The summed E-state index contributed by atoms with van der Waals surface area (Å²) in [6, 6.07) is 17.1. The lowest BCUT2D eigenvalue weighted by atomic mass is 10.2. The minimum Gasteiger partial charge on any atom is -0.462 e. The second kappa shape index (κ2) is 6.53. The van der Waals surface area contributed by atoms with Crippen molar-refractivity contribution in [2.75, 3.05) is 10.0 Å². The molecule has 0 saturated carbocycles. The molecule has 4 rings (SSSR count). The normalized spacial score (nSPS) is 11.4. The number of hydrogen-bond donors (Lipinski definition) is 2. The van der Waals surface area contributed by atoms with Crippen LogP contribution in [0, 0.1) is 0 Å². The highest BCUT2D eigenvalue weighted by molar-refractivity contribution is 7.92. The largest absolute Gasteiger partial charge is 0.462 e. The number of sulfonamides is 1. The molecule has 0 aliphatic carbocycles. The van der Waals surface area contributed by atoms with Crippen molar-refractivity contribution in [3.05, 3.63) is 79.3 Å². The molecule has 0 amide bonds. The number of hydrogen-bond acceptors (Lipinski definition) is 5. The van der Waals surface area contributed by atoms with E-state index in [-0.39, 0.29) is 4.90 Å². The molecule has 4 aromatic rings. The first-order valence-corrected chi connectivity index (χ1v) is 9.36. The van der Waals surface area contributed by atoms with Crippen LogP contribution >= 0.6 is 0 Å². The van der Waals surface area contributed by atoms with Crippen LogP contribution in [0.1, 0.15) is 0 Å². The van der Waals surface area contributed by atoms with Crippen molar-refractivity contribution in [2.45, 2.75) is 4.90 Å². The molecule has 0 aliphatic heterocycles. The van der Waals surface area contributed by atoms with E-state index in [4.69, 9.17) is 4.42 Å². The molecule has 0 atom stereocenters. The summed E-state index contributed by atoms with van der Waals surface area (Å²) < 4.78 is 33.3. The van der Waals surface area contributed by atoms with Gasteiger partial charge in [0.05, 0.1) is 22.5 Å². The summed E-state index contributed by atoms with van der Waals surface area (Å²) in [5, 5.41) is 4.02. The number of benzene rings is 2. The Hall–Kier alpha value is -3.32. The van der Waals surface area contributed by atoms with Crippen LogP contribution in [-0.4, -0.2) is 13.4 Å². The summed E-state index contributed by atoms with van der Waals surface area (Å²) in [7, 11) is -3.67. The number of furan rings is 1. The van der Waals surface area contributed by atoms with Crippen LogP contribution in [-0.2, 0) is 10.0 Å². The number of aromatic nitrogens is 1. The number of fused-ring (bicyclic) bond motifs is 1. The molecule has 130 valence electrons. The second-order valence-corrected chi connectivity index (χ2v) is 7.32. The molecule has 0 spiro atoms. The molecule has 0 saturated heterocycles. The molecule has 0 radical (unpaired) electrons. The minimum absolute atomic E-state index is 0.205. The number of nitrogens with one attached hydrogen (secondary N) is 2. The van der Waals surface area contributed by atoms with Crippen molar-refractivity contribution in [3.63, 3.8) is 0 Å². The van der Waals surface area contributed by atoms with Crippen LogP contribution in [0.25, 0.3) is 11.0 Å². The van der Waals surface area contributed by atoms with Gasteiger partial charge in [0.2, 0.25) is 0 Å². The molecular formula is C19H15N3O3S. The van der Waals surface area contributed by atoms with Crippen LogP contribution in [0.15, 0.2) is 88.6 Å². The van der Waals surface area contributed by atoms with Gasteiger partial charge in [0, 0.05) is 23.5 Å². The minimum atomic E-state index is -3.67. The molecule has 2 aromatic carbocycles. The third kappa shape index (κ3) is 3.25. The van der Waals surface area contributed by atoms with Gasteiger partial charge < -0.3 is 9.73 Å². The Bertz CT molecular complexity index is 1140. The third-order valence-corrected chi connectivity index (χ3v) is 5.21. The molecule has 7 heteroatoms. The Kier molecular flexibility index (Phi) is 4.06. The lowest BCUT2D eigenvalue weighted by Crippen LogP contribution is -2.12. The third-order valence-electron chi connectivity index (χ3n) is 3.82. The van der Waals surface area contributed by atoms with Gasteiger partial charge in [0.25, 0.3) is 10.0 Å². The van der Waals surface area contributed by atoms with Crippen molar-refractivity contribution in [1.82, 2.24) is 4.98 Å². The van der Waals surface area contributed by atoms with Crippen molar-refractivity contribution in [1.29, 1.82) is 0 Å². The number of anilines is 3. The van der Waals surface area contributed by atoms with E-state index < -0.39 is 10.0 Å². The quantitative estimate of drug-likeness (QED) is 0.548. The van der Waals surface area contributed by atoms with Gasteiger partial charge in [-0.2, -0.15) is 0 Å². The van der Waals surface area contributed by atoms with Crippen LogP contribution in [0.5, 0.6) is 0 Å². The Balaban J connectivity index is 1.72. The van der Waals surface area contributed by atoms with Crippen molar-refractivity contribution in [3.8, 4) is 0 Å². The van der Waals surface area contributed by atoms with Gasteiger partial charge in [-0.05, 0) is 42.5 Å². The number of nitrogens with zero attached hydrogens (tertiary/aromatic N) is 1. The summed E-state index contributed by atoms with van der Waals surface area (Å²) in [6.07, 6.45) is 4.91. The van der Waals surface area contributed by atoms with Crippen LogP contribution < -0.4 is 10.0 Å². The molecule has 2 N–H and O–H groups in total. The van der Waals surface area contributed by atoms with Gasteiger partial charge in [-0.3, -0.25) is 9.71 Å². The first kappa shape index (κ1) is 16.2. The SMILES string of the molecule is O=S(=O)(Nc1cc(Nc2ccncc2)c2occc2c1)c1ccccc1. The summed E-state index contributed by atoms with van der Waals surface area (Å²) >= 11 is 0. The van der Waals surface area contributed by atoms with E-state index in [1.807, 2.05) is 12.1 Å². The highest BCUT2D eigenvalue weighted by atomic mass is 32.2. The number of pyridine rings is 1.